The Morgan fingerprint density at radius 3 is 2.82 bits per heavy atom. The van der Waals surface area contributed by atoms with Crippen molar-refractivity contribution in [2.24, 2.45) is 11.7 Å². The van der Waals surface area contributed by atoms with Gasteiger partial charge in [-0.3, -0.25) is 4.79 Å². The van der Waals surface area contributed by atoms with Crippen molar-refractivity contribution in [1.82, 2.24) is 5.32 Å². The molecule has 2 unspecified atom stereocenters. The van der Waals surface area contributed by atoms with E-state index < -0.39 is 0 Å². The molecule has 3 nitrogen and oxygen atoms in total. The number of amides is 1. The van der Waals surface area contributed by atoms with Gasteiger partial charge in [-0.2, -0.15) is 0 Å². The normalized spacial score (nSPS) is 23.6. The maximum absolute atomic E-state index is 12.0. The zero-order valence-corrected chi connectivity index (χ0v) is 10.3. The molecule has 0 aromatic heterocycles. The van der Waals surface area contributed by atoms with E-state index in [9.17, 15) is 4.79 Å². The van der Waals surface area contributed by atoms with Crippen molar-refractivity contribution < 1.29 is 4.79 Å². The first-order chi connectivity index (χ1) is 8.18. The number of aryl methyl sites for hydroxylation is 1. The van der Waals surface area contributed by atoms with Gasteiger partial charge >= 0.3 is 0 Å². The van der Waals surface area contributed by atoms with Crippen molar-refractivity contribution >= 4 is 5.91 Å². The molecule has 1 aliphatic carbocycles. The van der Waals surface area contributed by atoms with Crippen LogP contribution in [0.1, 0.15) is 35.2 Å². The van der Waals surface area contributed by atoms with E-state index in [2.05, 4.69) is 5.32 Å². The Morgan fingerprint density at radius 2 is 2.18 bits per heavy atom. The molecule has 3 heteroatoms. The molecule has 2 atom stereocenters. The highest BCUT2D eigenvalue weighted by atomic mass is 16.1. The van der Waals surface area contributed by atoms with Crippen LogP contribution in [0.3, 0.4) is 0 Å². The maximum atomic E-state index is 12.0. The molecule has 0 spiro atoms. The summed E-state index contributed by atoms with van der Waals surface area (Å²) in [6.45, 7) is 2.66. The molecule has 92 valence electrons. The quantitative estimate of drug-likeness (QED) is 0.835. The second kappa shape index (κ2) is 5.32. The monoisotopic (exact) mass is 232 g/mol. The molecule has 1 aromatic rings. The van der Waals surface area contributed by atoms with Crippen molar-refractivity contribution in [2.45, 2.75) is 32.2 Å². The number of benzene rings is 1. The summed E-state index contributed by atoms with van der Waals surface area (Å²) in [5.41, 5.74) is 7.76. The van der Waals surface area contributed by atoms with Gasteiger partial charge in [-0.15, -0.1) is 0 Å². The second-order valence-corrected chi connectivity index (χ2v) is 4.88. The Labute approximate surface area is 102 Å². The molecule has 1 fully saturated rings. The minimum atomic E-state index is 0.0159. The highest BCUT2D eigenvalue weighted by Gasteiger charge is 2.24. The molecule has 1 saturated carbocycles. The van der Waals surface area contributed by atoms with Crippen LogP contribution in [-0.2, 0) is 0 Å². The van der Waals surface area contributed by atoms with Crippen molar-refractivity contribution in [3.63, 3.8) is 0 Å². The zero-order chi connectivity index (χ0) is 12.3. The van der Waals surface area contributed by atoms with Gasteiger partial charge in [0.25, 0.3) is 5.91 Å². The molecule has 0 bridgehead atoms. The van der Waals surface area contributed by atoms with E-state index in [1.165, 1.54) is 6.42 Å². The maximum Gasteiger partial charge on any atom is 0.251 e. The molecular weight excluding hydrogens is 212 g/mol. The van der Waals surface area contributed by atoms with Crippen LogP contribution in [0, 0.1) is 12.8 Å². The van der Waals surface area contributed by atoms with Gasteiger partial charge in [0.15, 0.2) is 0 Å². The Hall–Kier alpha value is -1.35. The Morgan fingerprint density at radius 1 is 1.41 bits per heavy atom. The van der Waals surface area contributed by atoms with E-state index in [0.29, 0.717) is 12.5 Å². The molecule has 0 radical (unpaired) electrons. The van der Waals surface area contributed by atoms with Gasteiger partial charge in [-0.1, -0.05) is 24.6 Å². The van der Waals surface area contributed by atoms with Gasteiger partial charge in [0.2, 0.25) is 0 Å². The summed E-state index contributed by atoms with van der Waals surface area (Å²) in [6, 6.07) is 7.91. The third-order valence-corrected chi connectivity index (χ3v) is 3.63. The highest BCUT2D eigenvalue weighted by molar-refractivity contribution is 5.95. The third kappa shape index (κ3) is 2.86. The van der Waals surface area contributed by atoms with Crippen LogP contribution in [0.25, 0.3) is 0 Å². The fourth-order valence-electron chi connectivity index (χ4n) is 2.47. The minimum Gasteiger partial charge on any atom is -0.352 e. The van der Waals surface area contributed by atoms with Crippen molar-refractivity contribution in [3.8, 4) is 0 Å². The van der Waals surface area contributed by atoms with Crippen molar-refractivity contribution in [1.29, 1.82) is 0 Å². The summed E-state index contributed by atoms with van der Waals surface area (Å²) < 4.78 is 0. The Bertz CT molecular complexity index is 403. The van der Waals surface area contributed by atoms with E-state index in [0.717, 1.165) is 24.0 Å². The molecule has 0 heterocycles. The van der Waals surface area contributed by atoms with E-state index in [1.54, 1.807) is 0 Å². The fourth-order valence-corrected chi connectivity index (χ4v) is 2.47. The molecule has 2 rings (SSSR count). The van der Waals surface area contributed by atoms with E-state index >= 15 is 0 Å². The predicted octanol–water partition coefficient (Wildman–Crippen LogP) is 1.85. The lowest BCUT2D eigenvalue weighted by Crippen LogP contribution is -2.36. The fraction of sp³-hybridized carbons (Fsp3) is 0.500. The van der Waals surface area contributed by atoms with E-state index in [4.69, 9.17) is 5.73 Å². The minimum absolute atomic E-state index is 0.0159. The number of carbonyl (C=O) groups excluding carboxylic acids is 1. The number of rotatable bonds is 3. The van der Waals surface area contributed by atoms with Crippen LogP contribution < -0.4 is 11.1 Å². The SMILES string of the molecule is Cc1ccccc1C(=O)NCC1CCCC1N. The zero-order valence-electron chi connectivity index (χ0n) is 10.3. The summed E-state index contributed by atoms with van der Waals surface area (Å²) in [5.74, 6) is 0.463. The van der Waals surface area contributed by atoms with E-state index in [1.807, 2.05) is 31.2 Å². The number of hydrogen-bond acceptors (Lipinski definition) is 2. The van der Waals surface area contributed by atoms with Gasteiger partial charge < -0.3 is 11.1 Å². The Balaban J connectivity index is 1.91. The van der Waals surface area contributed by atoms with Gasteiger partial charge in [0.05, 0.1) is 0 Å². The standard InChI is InChI=1S/C14H20N2O/c1-10-5-2-3-7-12(10)14(17)16-9-11-6-4-8-13(11)15/h2-3,5,7,11,13H,4,6,8-9,15H2,1H3,(H,16,17). The van der Waals surface area contributed by atoms with Gasteiger partial charge in [0.1, 0.15) is 0 Å². The molecule has 3 N–H and O–H groups in total. The van der Waals surface area contributed by atoms with Crippen molar-refractivity contribution in [2.75, 3.05) is 6.54 Å². The number of nitrogens with two attached hydrogens (primary N) is 1. The number of nitrogens with one attached hydrogen (secondary N) is 1. The van der Waals surface area contributed by atoms with Crippen LogP contribution in [0.2, 0.25) is 0 Å². The van der Waals surface area contributed by atoms with Crippen LogP contribution >= 0.6 is 0 Å². The van der Waals surface area contributed by atoms with Gasteiger partial charge in [-0.25, -0.2) is 0 Å². The average molecular weight is 232 g/mol. The first-order valence-corrected chi connectivity index (χ1v) is 6.28. The average Bonchev–Trinajstić information content (AvgIpc) is 2.72. The Kier molecular flexibility index (Phi) is 3.79. The van der Waals surface area contributed by atoms with Crippen LogP contribution in [-0.4, -0.2) is 18.5 Å². The number of carbonyl (C=O) groups is 1. The largest absolute Gasteiger partial charge is 0.352 e. The topological polar surface area (TPSA) is 55.1 Å². The molecule has 0 aliphatic heterocycles. The summed E-state index contributed by atoms with van der Waals surface area (Å²) in [5, 5.41) is 2.99. The second-order valence-electron chi connectivity index (χ2n) is 4.88. The lowest BCUT2D eigenvalue weighted by Gasteiger charge is -2.16. The molecule has 1 aromatic carbocycles. The predicted molar refractivity (Wildman–Crippen MR) is 68.8 cm³/mol. The molecule has 1 amide bonds. The highest BCUT2D eigenvalue weighted by Crippen LogP contribution is 2.23. The first kappa shape index (κ1) is 12.1. The number of hydrogen-bond donors (Lipinski definition) is 2. The summed E-state index contributed by atoms with van der Waals surface area (Å²) in [7, 11) is 0. The first-order valence-electron chi connectivity index (χ1n) is 6.28. The van der Waals surface area contributed by atoms with Crippen LogP contribution in [0.15, 0.2) is 24.3 Å². The van der Waals surface area contributed by atoms with Gasteiger partial charge in [0, 0.05) is 18.2 Å². The summed E-state index contributed by atoms with van der Waals surface area (Å²) in [6.07, 6.45) is 3.41. The summed E-state index contributed by atoms with van der Waals surface area (Å²) >= 11 is 0. The molecule has 0 saturated heterocycles. The smallest absolute Gasteiger partial charge is 0.251 e. The van der Waals surface area contributed by atoms with Gasteiger partial charge in [-0.05, 0) is 37.3 Å². The molecule has 1 aliphatic rings. The summed E-state index contributed by atoms with van der Waals surface area (Å²) in [4.78, 5) is 12.0. The van der Waals surface area contributed by atoms with E-state index in [-0.39, 0.29) is 11.9 Å². The molecule has 17 heavy (non-hydrogen) atoms. The van der Waals surface area contributed by atoms with Crippen LogP contribution in [0.5, 0.6) is 0 Å². The van der Waals surface area contributed by atoms with Crippen molar-refractivity contribution in [3.05, 3.63) is 35.4 Å². The lowest BCUT2D eigenvalue weighted by molar-refractivity contribution is 0.0946. The third-order valence-electron chi connectivity index (χ3n) is 3.63. The van der Waals surface area contributed by atoms with Crippen LogP contribution in [0.4, 0.5) is 0 Å². The molecular formula is C14H20N2O. The lowest BCUT2D eigenvalue weighted by atomic mass is 10.0.